The second-order valence-corrected chi connectivity index (χ2v) is 9.00. The average molecular weight is 495 g/mol. The van der Waals surface area contributed by atoms with E-state index in [2.05, 4.69) is 20.6 Å². The van der Waals surface area contributed by atoms with Crippen LogP contribution in [0.2, 0.25) is 0 Å². The van der Waals surface area contributed by atoms with E-state index in [4.69, 9.17) is 9.84 Å². The number of aromatic nitrogens is 2. The Kier molecular flexibility index (Phi) is 7.10. The minimum absolute atomic E-state index is 0.315. The second-order valence-electron chi connectivity index (χ2n) is 8.21. The first kappa shape index (κ1) is 22.3. The van der Waals surface area contributed by atoms with E-state index in [0.29, 0.717) is 23.9 Å². The number of rotatable bonds is 7. The van der Waals surface area contributed by atoms with E-state index in [1.807, 2.05) is 54.6 Å². The lowest BCUT2D eigenvalue weighted by Crippen LogP contribution is -2.15. The van der Waals surface area contributed by atoms with Crippen molar-refractivity contribution < 1.29 is 14.6 Å². The molecule has 0 radical (unpaired) electrons. The molecule has 166 valence electrons. The zero-order valence-electron chi connectivity index (χ0n) is 18.1. The molecule has 0 spiro atoms. The van der Waals surface area contributed by atoms with Gasteiger partial charge in [0.05, 0.1) is 16.2 Å². The normalized spacial score (nSPS) is 15.0. The van der Waals surface area contributed by atoms with Gasteiger partial charge in [-0.3, -0.25) is 4.68 Å². The van der Waals surface area contributed by atoms with Crippen molar-refractivity contribution in [3.05, 3.63) is 76.4 Å². The van der Waals surface area contributed by atoms with Crippen molar-refractivity contribution in [2.24, 2.45) is 0 Å². The van der Waals surface area contributed by atoms with Crippen molar-refractivity contribution in [1.82, 2.24) is 9.78 Å². The number of halogens is 1. The van der Waals surface area contributed by atoms with Crippen LogP contribution in [-0.2, 0) is 11.4 Å². The number of hydrogen-bond donors (Lipinski definition) is 1. The van der Waals surface area contributed by atoms with Gasteiger partial charge in [-0.2, -0.15) is 5.10 Å². The smallest absolute Gasteiger partial charge is 0.328 e. The summed E-state index contributed by atoms with van der Waals surface area (Å²) in [4.78, 5) is 11.2. The van der Waals surface area contributed by atoms with Crippen molar-refractivity contribution in [3.63, 3.8) is 0 Å². The Morgan fingerprint density at radius 1 is 1.12 bits per heavy atom. The average Bonchev–Trinajstić information content (AvgIpc) is 3.16. The summed E-state index contributed by atoms with van der Waals surface area (Å²) in [5, 5.41) is 14.1. The van der Waals surface area contributed by atoms with Gasteiger partial charge in [-0.15, -0.1) is 0 Å². The van der Waals surface area contributed by atoms with Crippen LogP contribution in [0.5, 0.6) is 5.75 Å². The van der Waals surface area contributed by atoms with E-state index in [0.717, 1.165) is 39.9 Å². The van der Waals surface area contributed by atoms with Gasteiger partial charge in [0, 0.05) is 11.6 Å². The topological polar surface area (TPSA) is 64.3 Å². The molecule has 0 amide bonds. The standard InChI is InChI=1S/C26H27BrN2O3/c1-18(16-23(30)31)25-24(27)26(29(28-25)21-10-6-3-7-11-21)20-12-14-22(15-13-20)32-17-19-8-4-2-5-9-19/h2,4-5,8-9,12-16,21H,3,6-7,10-11,17H2,1H3,(H,30,31)/b18-16+. The lowest BCUT2D eigenvalue weighted by Gasteiger charge is -2.24. The van der Waals surface area contributed by atoms with Crippen LogP contribution < -0.4 is 4.74 Å². The Bertz CT molecular complexity index is 1100. The first-order valence-corrected chi connectivity index (χ1v) is 11.8. The van der Waals surface area contributed by atoms with Crippen molar-refractivity contribution in [2.75, 3.05) is 0 Å². The Morgan fingerprint density at radius 3 is 2.47 bits per heavy atom. The number of ether oxygens (including phenoxy) is 1. The number of benzene rings is 2. The Hall–Kier alpha value is -2.86. The van der Waals surface area contributed by atoms with E-state index >= 15 is 0 Å². The zero-order valence-corrected chi connectivity index (χ0v) is 19.7. The van der Waals surface area contributed by atoms with Gasteiger partial charge >= 0.3 is 5.97 Å². The number of carbonyl (C=O) groups is 1. The molecule has 1 saturated carbocycles. The third kappa shape index (κ3) is 5.13. The third-order valence-corrected chi connectivity index (χ3v) is 6.61. The third-order valence-electron chi connectivity index (χ3n) is 5.86. The van der Waals surface area contributed by atoms with E-state index in [1.54, 1.807) is 6.92 Å². The molecule has 32 heavy (non-hydrogen) atoms. The molecule has 0 bridgehead atoms. The van der Waals surface area contributed by atoms with Crippen molar-refractivity contribution >= 4 is 27.5 Å². The van der Waals surface area contributed by atoms with Gasteiger partial charge in [0.1, 0.15) is 18.1 Å². The van der Waals surface area contributed by atoms with Crippen LogP contribution in [0.1, 0.15) is 56.3 Å². The maximum Gasteiger partial charge on any atom is 0.328 e. The molecular formula is C26H27BrN2O3. The van der Waals surface area contributed by atoms with Crippen LogP contribution in [0.3, 0.4) is 0 Å². The molecule has 5 nitrogen and oxygen atoms in total. The molecule has 1 aliphatic rings. The highest BCUT2D eigenvalue weighted by atomic mass is 79.9. The Morgan fingerprint density at radius 2 is 1.81 bits per heavy atom. The van der Waals surface area contributed by atoms with Crippen molar-refractivity contribution in [1.29, 1.82) is 0 Å². The lowest BCUT2D eigenvalue weighted by molar-refractivity contribution is -0.131. The fraction of sp³-hybridized carbons (Fsp3) is 0.308. The monoisotopic (exact) mass is 494 g/mol. The first-order chi connectivity index (χ1) is 15.5. The predicted molar refractivity (Wildman–Crippen MR) is 130 cm³/mol. The number of carboxylic acids is 1. The van der Waals surface area contributed by atoms with Crippen LogP contribution in [0.25, 0.3) is 16.8 Å². The number of allylic oxidation sites excluding steroid dienone is 1. The maximum atomic E-state index is 11.2. The van der Waals surface area contributed by atoms with Crippen LogP contribution in [0.4, 0.5) is 0 Å². The number of hydrogen-bond acceptors (Lipinski definition) is 3. The summed E-state index contributed by atoms with van der Waals surface area (Å²) in [6.45, 7) is 2.31. The quantitative estimate of drug-likeness (QED) is 0.363. The van der Waals surface area contributed by atoms with E-state index in [-0.39, 0.29) is 0 Å². The predicted octanol–water partition coefficient (Wildman–Crippen LogP) is 6.88. The van der Waals surface area contributed by atoms with Crippen molar-refractivity contribution in [3.8, 4) is 17.0 Å². The molecule has 0 atom stereocenters. The van der Waals surface area contributed by atoms with Crippen molar-refractivity contribution in [2.45, 2.75) is 51.7 Å². The molecule has 1 fully saturated rings. The summed E-state index contributed by atoms with van der Waals surface area (Å²) in [6, 6.07) is 18.4. The molecule has 1 N–H and O–H groups in total. The van der Waals surface area contributed by atoms with Gasteiger partial charge in [-0.05, 0) is 71.1 Å². The van der Waals surface area contributed by atoms with Gasteiger partial charge in [-0.25, -0.2) is 4.79 Å². The summed E-state index contributed by atoms with van der Waals surface area (Å²) in [5.41, 5.74) is 4.44. The largest absolute Gasteiger partial charge is 0.489 e. The van der Waals surface area contributed by atoms with Gasteiger partial charge in [-0.1, -0.05) is 49.6 Å². The van der Waals surface area contributed by atoms with Gasteiger partial charge in [0.15, 0.2) is 0 Å². The summed E-state index contributed by atoms with van der Waals surface area (Å²) in [5.74, 6) is -0.164. The molecule has 1 aromatic heterocycles. The van der Waals surface area contributed by atoms with Gasteiger partial charge < -0.3 is 9.84 Å². The molecule has 6 heteroatoms. The first-order valence-electron chi connectivity index (χ1n) is 11.0. The SMILES string of the molecule is C/C(=C\C(=O)O)c1nn(C2CCCCC2)c(-c2ccc(OCc3ccccc3)cc2)c1Br. The van der Waals surface area contributed by atoms with Crippen LogP contribution in [-0.4, -0.2) is 20.9 Å². The summed E-state index contributed by atoms with van der Waals surface area (Å²) >= 11 is 3.73. The fourth-order valence-electron chi connectivity index (χ4n) is 4.22. The molecule has 2 aromatic carbocycles. The molecular weight excluding hydrogens is 468 g/mol. The van der Waals surface area contributed by atoms with Gasteiger partial charge in [0.2, 0.25) is 0 Å². The maximum absolute atomic E-state index is 11.2. The summed E-state index contributed by atoms with van der Waals surface area (Å²) in [7, 11) is 0. The highest BCUT2D eigenvalue weighted by molar-refractivity contribution is 9.10. The fourth-order valence-corrected chi connectivity index (χ4v) is 5.02. The van der Waals surface area contributed by atoms with E-state index < -0.39 is 5.97 Å². The van der Waals surface area contributed by atoms with E-state index in [1.165, 1.54) is 25.3 Å². The number of nitrogens with zero attached hydrogens (tertiary/aromatic N) is 2. The lowest BCUT2D eigenvalue weighted by atomic mass is 9.95. The highest BCUT2D eigenvalue weighted by Gasteiger charge is 2.25. The molecule has 3 aromatic rings. The van der Waals surface area contributed by atoms with Crippen LogP contribution in [0, 0.1) is 0 Å². The summed E-state index contributed by atoms with van der Waals surface area (Å²) < 4.78 is 8.86. The minimum atomic E-state index is -0.969. The molecule has 1 heterocycles. The van der Waals surface area contributed by atoms with E-state index in [9.17, 15) is 9.90 Å². The molecule has 4 rings (SSSR count). The van der Waals surface area contributed by atoms with Gasteiger partial charge in [0.25, 0.3) is 0 Å². The van der Waals surface area contributed by atoms with Crippen LogP contribution in [0.15, 0.2) is 65.1 Å². The molecule has 0 saturated heterocycles. The summed E-state index contributed by atoms with van der Waals surface area (Å²) in [6.07, 6.45) is 7.01. The second kappa shape index (κ2) is 10.2. The zero-order chi connectivity index (χ0) is 22.5. The Balaban J connectivity index is 1.65. The minimum Gasteiger partial charge on any atom is -0.489 e. The molecule has 1 aliphatic carbocycles. The highest BCUT2D eigenvalue weighted by Crippen LogP contribution is 2.40. The molecule has 0 aliphatic heterocycles. The molecule has 0 unspecified atom stereocenters. The van der Waals surface area contributed by atoms with Crippen LogP contribution >= 0.6 is 15.9 Å². The number of carboxylic acid groups (broad SMARTS) is 1. The Labute approximate surface area is 196 Å². The number of aliphatic carboxylic acids is 1.